The van der Waals surface area contributed by atoms with E-state index >= 15 is 0 Å². The minimum atomic E-state index is -1.51. The van der Waals surface area contributed by atoms with Gasteiger partial charge in [0.2, 0.25) is 0 Å². The van der Waals surface area contributed by atoms with Gasteiger partial charge in [-0.05, 0) is 73.8 Å². The molecule has 0 aromatic rings. The molecule has 0 heterocycles. The van der Waals surface area contributed by atoms with E-state index in [1.807, 2.05) is 6.92 Å². The zero-order valence-corrected chi connectivity index (χ0v) is 20.3. The summed E-state index contributed by atoms with van der Waals surface area (Å²) in [5.41, 5.74) is -2.39. The maximum Gasteiger partial charge on any atom is 0.187 e. The van der Waals surface area contributed by atoms with Crippen molar-refractivity contribution < 1.29 is 20.1 Å². The van der Waals surface area contributed by atoms with Gasteiger partial charge in [0.15, 0.2) is 5.78 Å². The van der Waals surface area contributed by atoms with Crippen LogP contribution >= 0.6 is 0 Å². The molecule has 4 aliphatic rings. The summed E-state index contributed by atoms with van der Waals surface area (Å²) in [4.78, 5) is 13.3. The number of ketones is 1. The van der Waals surface area contributed by atoms with Gasteiger partial charge < -0.3 is 15.3 Å². The molecule has 4 aliphatic carbocycles. The summed E-state index contributed by atoms with van der Waals surface area (Å²) in [6.07, 6.45) is 9.59. The van der Waals surface area contributed by atoms with Crippen molar-refractivity contribution in [2.24, 2.45) is 34.5 Å². The molecule has 0 aromatic heterocycles. The molecule has 0 aromatic carbocycles. The molecule has 31 heavy (non-hydrogen) atoms. The number of fused-ring (bicyclic) bond motifs is 5. The van der Waals surface area contributed by atoms with Crippen molar-refractivity contribution in [2.75, 3.05) is 0 Å². The van der Waals surface area contributed by atoms with Gasteiger partial charge >= 0.3 is 0 Å². The highest BCUT2D eigenvalue weighted by molar-refractivity contribution is 6.00. The molecular formula is C27H44O4. The van der Waals surface area contributed by atoms with Crippen molar-refractivity contribution in [3.8, 4) is 0 Å². The summed E-state index contributed by atoms with van der Waals surface area (Å²) in [6, 6.07) is 0. The Hall–Kier alpha value is -0.710. The molecular weight excluding hydrogens is 388 g/mol. The van der Waals surface area contributed by atoms with Gasteiger partial charge in [0.05, 0.1) is 11.7 Å². The third kappa shape index (κ3) is 3.22. The number of rotatable bonds is 5. The van der Waals surface area contributed by atoms with Crippen molar-refractivity contribution in [2.45, 2.75) is 116 Å². The molecule has 0 bridgehead atoms. The monoisotopic (exact) mass is 432 g/mol. The highest BCUT2D eigenvalue weighted by Gasteiger charge is 2.69. The van der Waals surface area contributed by atoms with Crippen molar-refractivity contribution in [1.82, 2.24) is 0 Å². The highest BCUT2D eigenvalue weighted by Crippen LogP contribution is 2.68. The maximum absolute atomic E-state index is 13.3. The minimum Gasteiger partial charge on any atom is -0.393 e. The molecule has 4 heteroatoms. The smallest absolute Gasteiger partial charge is 0.187 e. The van der Waals surface area contributed by atoms with Gasteiger partial charge in [-0.3, -0.25) is 4.79 Å². The Kier molecular flexibility index (Phi) is 5.80. The predicted molar refractivity (Wildman–Crippen MR) is 122 cm³/mol. The number of hydrogen-bond acceptors (Lipinski definition) is 4. The number of carbonyl (C=O) groups excluding carboxylic acids is 1. The van der Waals surface area contributed by atoms with E-state index in [9.17, 15) is 20.1 Å². The first-order valence-electron chi connectivity index (χ1n) is 12.8. The van der Waals surface area contributed by atoms with Crippen molar-refractivity contribution in [3.63, 3.8) is 0 Å². The van der Waals surface area contributed by atoms with Crippen LogP contribution in [0, 0.1) is 34.5 Å². The summed E-state index contributed by atoms with van der Waals surface area (Å²) in [7, 11) is 0. The van der Waals surface area contributed by atoms with Gasteiger partial charge in [0.1, 0.15) is 5.60 Å². The van der Waals surface area contributed by atoms with Crippen LogP contribution in [-0.2, 0) is 4.79 Å². The first-order valence-corrected chi connectivity index (χ1v) is 12.8. The Morgan fingerprint density at radius 1 is 0.968 bits per heavy atom. The quantitative estimate of drug-likeness (QED) is 0.583. The first-order chi connectivity index (χ1) is 14.4. The molecule has 4 rings (SSSR count). The van der Waals surface area contributed by atoms with Crippen LogP contribution in [0.2, 0.25) is 0 Å². The predicted octanol–water partition coefficient (Wildman–Crippen LogP) is 4.80. The van der Waals surface area contributed by atoms with Crippen LogP contribution < -0.4 is 0 Å². The molecule has 2 unspecified atom stereocenters. The second-order valence-corrected chi connectivity index (χ2v) is 12.5. The molecule has 3 saturated carbocycles. The average Bonchev–Trinajstić information content (AvgIpc) is 2.96. The molecule has 3 fully saturated rings. The lowest BCUT2D eigenvalue weighted by Gasteiger charge is -2.62. The van der Waals surface area contributed by atoms with Gasteiger partial charge in [-0.1, -0.05) is 53.9 Å². The zero-order valence-electron chi connectivity index (χ0n) is 20.3. The van der Waals surface area contributed by atoms with E-state index in [4.69, 9.17) is 0 Å². The lowest BCUT2D eigenvalue weighted by molar-refractivity contribution is -0.188. The fourth-order valence-electron chi connectivity index (χ4n) is 8.33. The van der Waals surface area contributed by atoms with Crippen LogP contribution in [-0.4, -0.2) is 38.4 Å². The van der Waals surface area contributed by atoms with Crippen LogP contribution in [0.25, 0.3) is 0 Å². The van der Waals surface area contributed by atoms with E-state index in [1.54, 1.807) is 6.08 Å². The summed E-state index contributed by atoms with van der Waals surface area (Å²) < 4.78 is 0. The van der Waals surface area contributed by atoms with E-state index < -0.39 is 22.7 Å². The van der Waals surface area contributed by atoms with E-state index in [-0.39, 0.29) is 23.5 Å². The summed E-state index contributed by atoms with van der Waals surface area (Å²) in [5, 5.41) is 33.9. The van der Waals surface area contributed by atoms with Crippen LogP contribution in [0.3, 0.4) is 0 Å². The van der Waals surface area contributed by atoms with Gasteiger partial charge in [0, 0.05) is 17.3 Å². The first kappa shape index (κ1) is 23.4. The molecule has 176 valence electrons. The highest BCUT2D eigenvalue weighted by atomic mass is 16.3. The molecule has 0 amide bonds. The average molecular weight is 433 g/mol. The van der Waals surface area contributed by atoms with Gasteiger partial charge in [-0.25, -0.2) is 0 Å². The number of hydrogen-bond donors (Lipinski definition) is 3. The second kappa shape index (κ2) is 7.67. The Labute approximate surface area is 188 Å². The summed E-state index contributed by atoms with van der Waals surface area (Å²) in [6.45, 7) is 11.2. The third-order valence-electron chi connectivity index (χ3n) is 10.4. The number of carbonyl (C=O) groups is 1. The largest absolute Gasteiger partial charge is 0.393 e. The molecule has 0 spiro atoms. The SMILES string of the molecule is CC(C)CCC[C@@H](C)[C@H]1CC[C@@]2(O)C3=CC(=O)C4(O)CC(O)CC[C@]4(C)[C@H]3CC[C@]12C. The van der Waals surface area contributed by atoms with E-state index in [0.29, 0.717) is 24.7 Å². The summed E-state index contributed by atoms with van der Waals surface area (Å²) >= 11 is 0. The van der Waals surface area contributed by atoms with Crippen LogP contribution in [0.5, 0.6) is 0 Å². The lowest BCUT2D eigenvalue weighted by Crippen LogP contribution is -2.66. The van der Waals surface area contributed by atoms with Crippen LogP contribution in [0.15, 0.2) is 11.6 Å². The van der Waals surface area contributed by atoms with Gasteiger partial charge in [-0.15, -0.1) is 0 Å². The van der Waals surface area contributed by atoms with Gasteiger partial charge in [-0.2, -0.15) is 0 Å². The fourth-order valence-corrected chi connectivity index (χ4v) is 8.33. The molecule has 4 nitrogen and oxygen atoms in total. The molecule has 8 atom stereocenters. The maximum atomic E-state index is 13.3. The van der Waals surface area contributed by atoms with E-state index in [0.717, 1.165) is 37.2 Å². The van der Waals surface area contributed by atoms with E-state index in [2.05, 4.69) is 27.7 Å². The van der Waals surface area contributed by atoms with Crippen LogP contribution in [0.1, 0.15) is 98.8 Å². The molecule has 0 radical (unpaired) electrons. The van der Waals surface area contributed by atoms with Gasteiger partial charge in [0.25, 0.3) is 0 Å². The third-order valence-corrected chi connectivity index (χ3v) is 10.4. The molecule has 0 aliphatic heterocycles. The second-order valence-electron chi connectivity index (χ2n) is 12.5. The van der Waals surface area contributed by atoms with Crippen molar-refractivity contribution in [3.05, 3.63) is 11.6 Å². The Morgan fingerprint density at radius 3 is 2.32 bits per heavy atom. The topological polar surface area (TPSA) is 77.8 Å². The molecule has 0 saturated heterocycles. The van der Waals surface area contributed by atoms with Crippen LogP contribution in [0.4, 0.5) is 0 Å². The Morgan fingerprint density at radius 2 is 1.65 bits per heavy atom. The zero-order chi connectivity index (χ0) is 22.8. The Balaban J connectivity index is 1.65. The summed E-state index contributed by atoms with van der Waals surface area (Å²) in [5.74, 6) is 1.46. The number of aliphatic hydroxyl groups excluding tert-OH is 1. The van der Waals surface area contributed by atoms with Crippen molar-refractivity contribution >= 4 is 5.78 Å². The van der Waals surface area contributed by atoms with Crippen molar-refractivity contribution in [1.29, 1.82) is 0 Å². The lowest BCUT2D eigenvalue weighted by atomic mass is 9.44. The number of aliphatic hydroxyl groups is 3. The van der Waals surface area contributed by atoms with E-state index in [1.165, 1.54) is 19.3 Å². The molecule has 3 N–H and O–H groups in total. The minimum absolute atomic E-state index is 0.00997. The normalized spacial score (nSPS) is 48.1. The standard InChI is InChI=1S/C27H44O4/c1-17(2)7-6-8-18(3)20-11-14-26(30)22-15-23(29)27(31)16-19(28)9-12-25(27,5)21(22)10-13-24(20,26)4/h15,17-21,28,30-31H,6-14,16H2,1-5H3/t18-,19?,20-,21+,24-,25-,26-,27?/m1/s1. The fraction of sp³-hybridized carbons (Fsp3) is 0.889. The Bertz CT molecular complexity index is 758.